The van der Waals surface area contributed by atoms with E-state index in [2.05, 4.69) is 58.0 Å². The fraction of sp³-hybridized carbons (Fsp3) is 0.409. The van der Waals surface area contributed by atoms with Gasteiger partial charge in [-0.1, -0.05) is 30.3 Å². The van der Waals surface area contributed by atoms with Crippen LogP contribution in [0.25, 0.3) is 0 Å². The Bertz CT molecular complexity index is 869. The molecular weight excluding hydrogens is 346 g/mol. The maximum Gasteiger partial charge on any atom is 0.166 e. The zero-order chi connectivity index (χ0) is 17.8. The van der Waals surface area contributed by atoms with Crippen molar-refractivity contribution in [3.8, 4) is 11.5 Å². The molecule has 0 aliphatic carbocycles. The molecule has 0 radical (unpaired) electrons. The first-order valence-electron chi connectivity index (χ1n) is 8.87. The summed E-state index contributed by atoms with van der Waals surface area (Å²) in [5.41, 5.74) is 5.66. The van der Waals surface area contributed by atoms with Crippen LogP contribution in [-0.4, -0.2) is 24.0 Å². The molecule has 0 fully saturated rings. The topological polar surface area (TPSA) is 30.8 Å². The molecule has 2 aliphatic heterocycles. The van der Waals surface area contributed by atoms with Crippen molar-refractivity contribution >= 4 is 18.1 Å². The molecule has 2 aliphatic rings. The van der Waals surface area contributed by atoms with Crippen molar-refractivity contribution in [3.05, 3.63) is 58.7 Å². The van der Waals surface area contributed by atoms with Crippen LogP contribution in [-0.2, 0) is 12.8 Å². The van der Waals surface area contributed by atoms with Crippen molar-refractivity contribution in [2.24, 2.45) is 4.99 Å². The fourth-order valence-electron chi connectivity index (χ4n) is 4.03. The van der Waals surface area contributed by atoms with Crippen LogP contribution in [0.15, 0.2) is 41.4 Å². The van der Waals surface area contributed by atoms with Crippen molar-refractivity contribution in [1.82, 2.24) is 0 Å². The minimum Gasteiger partial charge on any atom is -0.493 e. The molecule has 0 unspecified atom stereocenters. The van der Waals surface area contributed by atoms with Crippen molar-refractivity contribution in [2.45, 2.75) is 51.7 Å². The van der Waals surface area contributed by atoms with Crippen LogP contribution >= 0.6 is 12.4 Å². The number of nitrogens with zero attached hydrogens (tertiary/aromatic N) is 1. The zero-order valence-electron chi connectivity index (χ0n) is 16.1. The monoisotopic (exact) mass is 371 g/mol. The molecule has 2 aromatic rings. The van der Waals surface area contributed by atoms with E-state index in [1.165, 1.54) is 16.7 Å². The average molecular weight is 372 g/mol. The van der Waals surface area contributed by atoms with Gasteiger partial charge in [0, 0.05) is 23.1 Å². The van der Waals surface area contributed by atoms with Gasteiger partial charge in [0.15, 0.2) is 11.5 Å². The van der Waals surface area contributed by atoms with Crippen LogP contribution in [0.5, 0.6) is 11.5 Å². The first-order chi connectivity index (χ1) is 11.8. The summed E-state index contributed by atoms with van der Waals surface area (Å²) in [7, 11) is 1.72. The molecule has 0 atom stereocenters. The van der Waals surface area contributed by atoms with E-state index in [4.69, 9.17) is 14.5 Å². The molecule has 4 rings (SSSR count). The number of ether oxygens (including phenoxy) is 2. The van der Waals surface area contributed by atoms with E-state index in [9.17, 15) is 0 Å². The Kier molecular flexibility index (Phi) is 4.56. The third kappa shape index (κ3) is 3.09. The van der Waals surface area contributed by atoms with Gasteiger partial charge in [-0.05, 0) is 45.7 Å². The Morgan fingerprint density at radius 3 is 2.38 bits per heavy atom. The molecule has 3 nitrogen and oxygen atoms in total. The van der Waals surface area contributed by atoms with Crippen LogP contribution in [0.1, 0.15) is 49.9 Å². The van der Waals surface area contributed by atoms with Crippen molar-refractivity contribution < 1.29 is 9.47 Å². The van der Waals surface area contributed by atoms with E-state index >= 15 is 0 Å². The lowest BCUT2D eigenvalue weighted by atomic mass is 9.81. The van der Waals surface area contributed by atoms with E-state index in [1.807, 2.05) is 6.07 Å². The number of fused-ring (bicyclic) bond motifs is 3. The van der Waals surface area contributed by atoms with Crippen LogP contribution in [0.4, 0.5) is 0 Å². The lowest BCUT2D eigenvalue weighted by Crippen LogP contribution is -2.30. The van der Waals surface area contributed by atoms with Gasteiger partial charge in [-0.15, -0.1) is 12.4 Å². The molecule has 2 heterocycles. The van der Waals surface area contributed by atoms with Gasteiger partial charge >= 0.3 is 0 Å². The highest BCUT2D eigenvalue weighted by Gasteiger charge is 2.39. The molecule has 0 spiro atoms. The average Bonchev–Trinajstić information content (AvgIpc) is 2.88. The summed E-state index contributed by atoms with van der Waals surface area (Å²) < 4.78 is 11.9. The summed E-state index contributed by atoms with van der Waals surface area (Å²) >= 11 is 0. The second-order valence-electron chi connectivity index (χ2n) is 8.27. The van der Waals surface area contributed by atoms with Crippen LogP contribution in [0, 0.1) is 0 Å². The highest BCUT2D eigenvalue weighted by atomic mass is 35.5. The van der Waals surface area contributed by atoms with Crippen LogP contribution in [0.3, 0.4) is 0 Å². The van der Waals surface area contributed by atoms with Gasteiger partial charge < -0.3 is 9.47 Å². The molecule has 0 N–H and O–H groups in total. The molecule has 26 heavy (non-hydrogen) atoms. The molecule has 4 heteroatoms. The lowest BCUT2D eigenvalue weighted by molar-refractivity contribution is 0.134. The molecule has 0 bridgehead atoms. The smallest absolute Gasteiger partial charge is 0.166 e. The van der Waals surface area contributed by atoms with Gasteiger partial charge in [0.25, 0.3) is 0 Å². The van der Waals surface area contributed by atoms with Crippen molar-refractivity contribution in [1.29, 1.82) is 0 Å². The van der Waals surface area contributed by atoms with E-state index < -0.39 is 0 Å². The van der Waals surface area contributed by atoms with Gasteiger partial charge in [0.1, 0.15) is 5.60 Å². The Labute approximate surface area is 161 Å². The normalized spacial score (nSPS) is 18.7. The largest absolute Gasteiger partial charge is 0.493 e. The summed E-state index contributed by atoms with van der Waals surface area (Å²) in [6, 6.07) is 12.6. The number of methoxy groups -OCH3 is 1. The summed E-state index contributed by atoms with van der Waals surface area (Å²) in [5, 5.41) is 0. The lowest BCUT2D eigenvalue weighted by Gasteiger charge is -2.31. The maximum absolute atomic E-state index is 6.24. The molecule has 0 saturated carbocycles. The number of hydrogen-bond acceptors (Lipinski definition) is 3. The Hall–Kier alpha value is -2.00. The first-order valence-corrected chi connectivity index (χ1v) is 8.87. The summed E-state index contributed by atoms with van der Waals surface area (Å²) in [6.45, 7) is 8.65. The molecule has 0 amide bonds. The van der Waals surface area contributed by atoms with Crippen molar-refractivity contribution in [3.63, 3.8) is 0 Å². The van der Waals surface area contributed by atoms with Crippen molar-refractivity contribution in [2.75, 3.05) is 7.11 Å². The number of benzene rings is 2. The predicted molar refractivity (Wildman–Crippen MR) is 109 cm³/mol. The third-order valence-corrected chi connectivity index (χ3v) is 4.95. The second-order valence-corrected chi connectivity index (χ2v) is 8.27. The fourth-order valence-corrected chi connectivity index (χ4v) is 4.03. The van der Waals surface area contributed by atoms with Gasteiger partial charge in [-0.2, -0.15) is 0 Å². The molecule has 0 aromatic heterocycles. The first kappa shape index (κ1) is 18.8. The minimum absolute atomic E-state index is 0. The standard InChI is InChI=1S/C22H25NO2.ClH/c1-21(2)12-15-11-17(24-5)20-16(13-22(3,4)25-20)18(15)19(23-21)14-9-7-6-8-10-14;/h6-11H,12-13H2,1-5H3;1H. The number of halogens is 1. The van der Waals surface area contributed by atoms with Gasteiger partial charge in [0.05, 0.1) is 18.4 Å². The molecular formula is C22H26ClNO2. The third-order valence-electron chi connectivity index (χ3n) is 4.95. The second kappa shape index (κ2) is 6.31. The zero-order valence-corrected chi connectivity index (χ0v) is 16.9. The molecule has 138 valence electrons. The number of aliphatic imine (C=N–C) groups is 1. The van der Waals surface area contributed by atoms with E-state index in [0.717, 1.165) is 35.6 Å². The van der Waals surface area contributed by atoms with Gasteiger partial charge in [0.2, 0.25) is 0 Å². The van der Waals surface area contributed by atoms with E-state index in [-0.39, 0.29) is 23.5 Å². The summed E-state index contributed by atoms with van der Waals surface area (Å²) in [4.78, 5) is 5.13. The SMILES string of the molecule is COc1cc2c(c3c1OC(C)(C)C3)C(c1ccccc1)=NC(C)(C)C2.Cl. The number of rotatable bonds is 2. The van der Waals surface area contributed by atoms with E-state index in [0.29, 0.717) is 0 Å². The molecule has 2 aromatic carbocycles. The predicted octanol–water partition coefficient (Wildman–Crippen LogP) is 5.00. The highest BCUT2D eigenvalue weighted by molar-refractivity contribution is 6.16. The quantitative estimate of drug-likeness (QED) is 0.743. The van der Waals surface area contributed by atoms with Gasteiger partial charge in [-0.3, -0.25) is 4.99 Å². The van der Waals surface area contributed by atoms with Crippen LogP contribution < -0.4 is 9.47 Å². The minimum atomic E-state index is -0.223. The Morgan fingerprint density at radius 2 is 1.73 bits per heavy atom. The van der Waals surface area contributed by atoms with Gasteiger partial charge in [-0.25, -0.2) is 0 Å². The Morgan fingerprint density at radius 1 is 1.04 bits per heavy atom. The summed E-state index contributed by atoms with van der Waals surface area (Å²) in [6.07, 6.45) is 1.77. The summed E-state index contributed by atoms with van der Waals surface area (Å²) in [5.74, 6) is 1.72. The molecule has 0 saturated heterocycles. The van der Waals surface area contributed by atoms with E-state index in [1.54, 1.807) is 7.11 Å². The van der Waals surface area contributed by atoms with Crippen LogP contribution in [0.2, 0.25) is 0 Å². The maximum atomic E-state index is 6.24. The highest BCUT2D eigenvalue weighted by Crippen LogP contribution is 2.47. The Balaban J connectivity index is 0.00000196. The number of hydrogen-bond donors (Lipinski definition) is 0.